The summed E-state index contributed by atoms with van der Waals surface area (Å²) in [6.45, 7) is 2.90. The molecule has 1 aromatic heterocycles. The molecule has 0 N–H and O–H groups in total. The molecule has 3 heteroatoms. The third kappa shape index (κ3) is 3.19. The second-order valence-electron chi connectivity index (χ2n) is 4.65. The molecule has 1 aliphatic carbocycles. The van der Waals surface area contributed by atoms with Crippen LogP contribution in [-0.2, 0) is 11.3 Å². The van der Waals surface area contributed by atoms with Crippen LogP contribution in [0.25, 0.3) is 0 Å². The molecule has 1 fully saturated rings. The molecule has 88 valence electrons. The van der Waals surface area contributed by atoms with E-state index in [1.54, 1.807) is 6.20 Å². The van der Waals surface area contributed by atoms with Crippen LogP contribution >= 0.6 is 11.6 Å². The zero-order chi connectivity index (χ0) is 11.4. The van der Waals surface area contributed by atoms with Crippen molar-refractivity contribution in [3.63, 3.8) is 0 Å². The Morgan fingerprint density at radius 3 is 2.81 bits per heavy atom. The Kier molecular flexibility index (Phi) is 4.19. The van der Waals surface area contributed by atoms with Gasteiger partial charge in [-0.05, 0) is 37.7 Å². The summed E-state index contributed by atoms with van der Waals surface area (Å²) < 4.78 is 5.87. The molecule has 1 aliphatic rings. The van der Waals surface area contributed by atoms with E-state index < -0.39 is 0 Å². The van der Waals surface area contributed by atoms with E-state index in [-0.39, 0.29) is 0 Å². The molecule has 0 aromatic carbocycles. The van der Waals surface area contributed by atoms with Crippen molar-refractivity contribution < 1.29 is 4.74 Å². The van der Waals surface area contributed by atoms with Crippen LogP contribution < -0.4 is 0 Å². The van der Waals surface area contributed by atoms with Crippen molar-refractivity contribution >= 4 is 11.6 Å². The monoisotopic (exact) mass is 239 g/mol. The number of halogens is 1. The minimum atomic E-state index is 0.410. The molecule has 0 spiro atoms. The summed E-state index contributed by atoms with van der Waals surface area (Å²) in [6, 6.07) is 3.87. The average molecular weight is 240 g/mol. The van der Waals surface area contributed by atoms with Gasteiger partial charge in [0.2, 0.25) is 0 Å². The van der Waals surface area contributed by atoms with Gasteiger partial charge in [0.1, 0.15) is 5.15 Å². The highest BCUT2D eigenvalue weighted by atomic mass is 35.5. The SMILES string of the molecule is CC1CCC(OCc2cccnc2Cl)CC1. The fraction of sp³-hybridized carbons (Fsp3) is 0.615. The zero-order valence-electron chi connectivity index (χ0n) is 9.66. The molecule has 1 saturated carbocycles. The van der Waals surface area contributed by atoms with Crippen LogP contribution in [0, 0.1) is 5.92 Å². The van der Waals surface area contributed by atoms with Crippen molar-refractivity contribution in [1.29, 1.82) is 0 Å². The van der Waals surface area contributed by atoms with Crippen molar-refractivity contribution in [2.75, 3.05) is 0 Å². The van der Waals surface area contributed by atoms with Gasteiger partial charge in [-0.1, -0.05) is 24.6 Å². The first-order valence-electron chi connectivity index (χ1n) is 5.96. The van der Waals surface area contributed by atoms with E-state index in [0.29, 0.717) is 17.9 Å². The van der Waals surface area contributed by atoms with Crippen molar-refractivity contribution in [3.8, 4) is 0 Å². The summed E-state index contributed by atoms with van der Waals surface area (Å²) in [5.74, 6) is 0.863. The fourth-order valence-corrected chi connectivity index (χ4v) is 2.30. The van der Waals surface area contributed by atoms with Crippen LogP contribution in [0.1, 0.15) is 38.2 Å². The van der Waals surface area contributed by atoms with Crippen LogP contribution in [0.2, 0.25) is 5.15 Å². The second-order valence-corrected chi connectivity index (χ2v) is 5.00. The fourth-order valence-electron chi connectivity index (χ4n) is 2.13. The lowest BCUT2D eigenvalue weighted by molar-refractivity contribution is 0.00870. The average Bonchev–Trinajstić information content (AvgIpc) is 2.30. The van der Waals surface area contributed by atoms with Gasteiger partial charge in [0.25, 0.3) is 0 Å². The molecular weight excluding hydrogens is 222 g/mol. The standard InChI is InChI=1S/C13H18ClNO/c1-10-4-6-12(7-5-10)16-9-11-3-2-8-15-13(11)14/h2-3,8,10,12H,4-7,9H2,1H3. The summed E-state index contributed by atoms with van der Waals surface area (Å²) >= 11 is 5.97. The first kappa shape index (κ1) is 11.9. The van der Waals surface area contributed by atoms with Crippen molar-refractivity contribution in [2.24, 2.45) is 5.92 Å². The topological polar surface area (TPSA) is 22.1 Å². The number of aromatic nitrogens is 1. The van der Waals surface area contributed by atoms with Crippen LogP contribution in [0.15, 0.2) is 18.3 Å². The maximum atomic E-state index is 5.97. The maximum absolute atomic E-state index is 5.97. The van der Waals surface area contributed by atoms with E-state index in [4.69, 9.17) is 16.3 Å². The summed E-state index contributed by atoms with van der Waals surface area (Å²) in [5.41, 5.74) is 0.989. The molecule has 0 amide bonds. The van der Waals surface area contributed by atoms with Gasteiger partial charge in [0.05, 0.1) is 12.7 Å². The van der Waals surface area contributed by atoms with Crippen LogP contribution in [0.3, 0.4) is 0 Å². The highest BCUT2D eigenvalue weighted by Gasteiger charge is 2.18. The second kappa shape index (κ2) is 5.65. The Balaban J connectivity index is 1.81. The smallest absolute Gasteiger partial charge is 0.134 e. The van der Waals surface area contributed by atoms with Crippen molar-refractivity contribution in [1.82, 2.24) is 4.98 Å². The minimum absolute atomic E-state index is 0.410. The zero-order valence-corrected chi connectivity index (χ0v) is 10.4. The lowest BCUT2D eigenvalue weighted by Crippen LogP contribution is -2.20. The molecule has 2 rings (SSSR count). The lowest BCUT2D eigenvalue weighted by atomic mass is 9.89. The Labute approximate surface area is 102 Å². The number of ether oxygens (including phenoxy) is 1. The highest BCUT2D eigenvalue weighted by Crippen LogP contribution is 2.26. The summed E-state index contributed by atoms with van der Waals surface area (Å²) in [5, 5.41) is 0.562. The molecular formula is C13H18ClNO. The molecule has 2 nitrogen and oxygen atoms in total. The van der Waals surface area contributed by atoms with E-state index in [1.807, 2.05) is 12.1 Å². The predicted molar refractivity (Wildman–Crippen MR) is 65.5 cm³/mol. The van der Waals surface area contributed by atoms with Gasteiger partial charge in [-0.15, -0.1) is 0 Å². The highest BCUT2D eigenvalue weighted by molar-refractivity contribution is 6.30. The van der Waals surface area contributed by atoms with Gasteiger partial charge in [-0.2, -0.15) is 0 Å². The molecule has 0 unspecified atom stereocenters. The first-order valence-corrected chi connectivity index (χ1v) is 6.34. The first-order chi connectivity index (χ1) is 7.75. The molecule has 0 aliphatic heterocycles. The van der Waals surface area contributed by atoms with E-state index in [1.165, 1.54) is 25.7 Å². The number of hydrogen-bond acceptors (Lipinski definition) is 2. The Hall–Kier alpha value is -0.600. The molecule has 0 radical (unpaired) electrons. The predicted octanol–water partition coefficient (Wildman–Crippen LogP) is 3.83. The lowest BCUT2D eigenvalue weighted by Gasteiger charge is -2.26. The quantitative estimate of drug-likeness (QED) is 0.748. The number of nitrogens with zero attached hydrogens (tertiary/aromatic N) is 1. The molecule has 1 heterocycles. The van der Waals surface area contributed by atoms with E-state index >= 15 is 0 Å². The van der Waals surface area contributed by atoms with E-state index in [2.05, 4.69) is 11.9 Å². The maximum Gasteiger partial charge on any atom is 0.134 e. The number of hydrogen-bond donors (Lipinski definition) is 0. The minimum Gasteiger partial charge on any atom is -0.373 e. The van der Waals surface area contributed by atoms with Gasteiger partial charge in [-0.3, -0.25) is 0 Å². The van der Waals surface area contributed by atoms with Crippen molar-refractivity contribution in [2.45, 2.75) is 45.3 Å². The number of pyridine rings is 1. The molecule has 1 aromatic rings. The Morgan fingerprint density at radius 2 is 2.12 bits per heavy atom. The van der Waals surface area contributed by atoms with Gasteiger partial charge < -0.3 is 4.74 Å². The van der Waals surface area contributed by atoms with E-state index in [9.17, 15) is 0 Å². The third-order valence-electron chi connectivity index (χ3n) is 3.27. The molecule has 0 atom stereocenters. The van der Waals surface area contributed by atoms with Crippen molar-refractivity contribution in [3.05, 3.63) is 29.0 Å². The largest absolute Gasteiger partial charge is 0.373 e. The van der Waals surface area contributed by atoms with E-state index in [0.717, 1.165) is 11.5 Å². The number of rotatable bonds is 3. The van der Waals surface area contributed by atoms with Crippen LogP contribution in [-0.4, -0.2) is 11.1 Å². The van der Waals surface area contributed by atoms with Crippen LogP contribution in [0.4, 0.5) is 0 Å². The van der Waals surface area contributed by atoms with Gasteiger partial charge >= 0.3 is 0 Å². The molecule has 0 saturated heterocycles. The van der Waals surface area contributed by atoms with Gasteiger partial charge in [0, 0.05) is 11.8 Å². The summed E-state index contributed by atoms with van der Waals surface area (Å²) in [6.07, 6.45) is 7.04. The third-order valence-corrected chi connectivity index (χ3v) is 3.61. The Bertz CT molecular complexity index is 334. The van der Waals surface area contributed by atoms with Crippen LogP contribution in [0.5, 0.6) is 0 Å². The Morgan fingerprint density at radius 1 is 1.38 bits per heavy atom. The molecule has 16 heavy (non-hydrogen) atoms. The molecule has 0 bridgehead atoms. The van der Waals surface area contributed by atoms with Gasteiger partial charge in [0.15, 0.2) is 0 Å². The summed E-state index contributed by atoms with van der Waals surface area (Å²) in [4.78, 5) is 4.04. The summed E-state index contributed by atoms with van der Waals surface area (Å²) in [7, 11) is 0. The normalized spacial score (nSPS) is 25.6. The van der Waals surface area contributed by atoms with Gasteiger partial charge in [-0.25, -0.2) is 4.98 Å².